The summed E-state index contributed by atoms with van der Waals surface area (Å²) < 4.78 is 10.8. The molecule has 92 valence electrons. The van der Waals surface area contributed by atoms with Crippen molar-refractivity contribution >= 4 is 11.7 Å². The van der Waals surface area contributed by atoms with E-state index in [9.17, 15) is 4.79 Å². The summed E-state index contributed by atoms with van der Waals surface area (Å²) in [5.41, 5.74) is 6.64. The molecule has 1 saturated heterocycles. The Bertz CT molecular complexity index is 413. The highest BCUT2D eigenvalue weighted by molar-refractivity contribution is 5.95. The molecule has 3 N–H and O–H groups in total. The highest BCUT2D eigenvalue weighted by Crippen LogP contribution is 2.19. The molecule has 5 nitrogen and oxygen atoms in total. The maximum Gasteiger partial charge on any atom is 0.338 e. The molecule has 5 heteroatoms. The Morgan fingerprint density at radius 3 is 3.06 bits per heavy atom. The van der Waals surface area contributed by atoms with Gasteiger partial charge in [0.05, 0.1) is 24.9 Å². The first-order valence-electron chi connectivity index (χ1n) is 5.48. The summed E-state index contributed by atoms with van der Waals surface area (Å²) in [6.45, 7) is 1.53. The van der Waals surface area contributed by atoms with Gasteiger partial charge < -0.3 is 20.3 Å². The second-order valence-corrected chi connectivity index (χ2v) is 3.98. The van der Waals surface area contributed by atoms with Crippen LogP contribution < -0.4 is 5.73 Å². The van der Waals surface area contributed by atoms with E-state index in [4.69, 9.17) is 20.3 Å². The lowest BCUT2D eigenvalue weighted by molar-refractivity contribution is 0.0309. The zero-order valence-corrected chi connectivity index (χ0v) is 9.39. The van der Waals surface area contributed by atoms with Crippen LogP contribution in [0.5, 0.6) is 0 Å². The Labute approximate surface area is 99.1 Å². The van der Waals surface area contributed by atoms with Crippen LogP contribution in [-0.4, -0.2) is 30.4 Å². The van der Waals surface area contributed by atoms with Gasteiger partial charge in [0.25, 0.3) is 0 Å². The molecule has 0 aromatic heterocycles. The van der Waals surface area contributed by atoms with Crippen molar-refractivity contribution in [3.63, 3.8) is 0 Å². The van der Waals surface area contributed by atoms with Crippen LogP contribution in [0.3, 0.4) is 0 Å². The SMILES string of the molecule is Nc1cccc(COC2CCOC2)c1C(=O)O. The van der Waals surface area contributed by atoms with Crippen LogP contribution in [0.1, 0.15) is 22.3 Å². The molecule has 2 rings (SSSR count). The number of nitrogen functional groups attached to an aromatic ring is 1. The van der Waals surface area contributed by atoms with E-state index >= 15 is 0 Å². The van der Waals surface area contributed by atoms with Crippen molar-refractivity contribution in [3.05, 3.63) is 29.3 Å². The zero-order chi connectivity index (χ0) is 12.3. The lowest BCUT2D eigenvalue weighted by Gasteiger charge is -2.12. The van der Waals surface area contributed by atoms with Crippen molar-refractivity contribution in [1.82, 2.24) is 0 Å². The van der Waals surface area contributed by atoms with Crippen molar-refractivity contribution in [2.75, 3.05) is 18.9 Å². The van der Waals surface area contributed by atoms with Crippen LogP contribution >= 0.6 is 0 Å². The molecule has 0 bridgehead atoms. The maximum absolute atomic E-state index is 11.1. The third kappa shape index (κ3) is 2.75. The van der Waals surface area contributed by atoms with Crippen molar-refractivity contribution in [2.24, 2.45) is 0 Å². The molecule has 0 amide bonds. The first-order chi connectivity index (χ1) is 8.18. The molecule has 1 aromatic carbocycles. The minimum Gasteiger partial charge on any atom is -0.478 e. The quantitative estimate of drug-likeness (QED) is 0.771. The zero-order valence-electron chi connectivity index (χ0n) is 9.39. The fourth-order valence-corrected chi connectivity index (χ4v) is 1.85. The second kappa shape index (κ2) is 5.16. The summed E-state index contributed by atoms with van der Waals surface area (Å²) in [7, 11) is 0. The Kier molecular flexibility index (Phi) is 3.61. The minimum absolute atomic E-state index is 0.0538. The molecule has 0 spiro atoms. The third-order valence-electron chi connectivity index (χ3n) is 2.76. The topological polar surface area (TPSA) is 81.8 Å². The highest BCUT2D eigenvalue weighted by atomic mass is 16.5. The fraction of sp³-hybridized carbons (Fsp3) is 0.417. The van der Waals surface area contributed by atoms with E-state index in [1.807, 2.05) is 0 Å². The van der Waals surface area contributed by atoms with Crippen molar-refractivity contribution in [3.8, 4) is 0 Å². The van der Waals surface area contributed by atoms with E-state index in [0.29, 0.717) is 18.8 Å². The number of benzene rings is 1. The van der Waals surface area contributed by atoms with E-state index in [1.54, 1.807) is 18.2 Å². The van der Waals surface area contributed by atoms with Crippen LogP contribution in [0.15, 0.2) is 18.2 Å². The van der Waals surface area contributed by atoms with Crippen LogP contribution in [-0.2, 0) is 16.1 Å². The Morgan fingerprint density at radius 2 is 2.41 bits per heavy atom. The molecule has 1 aliphatic rings. The molecule has 1 aliphatic heterocycles. The summed E-state index contributed by atoms with van der Waals surface area (Å²) in [5, 5.41) is 9.08. The van der Waals surface area contributed by atoms with Gasteiger partial charge in [-0.15, -0.1) is 0 Å². The molecule has 0 aliphatic carbocycles. The number of ether oxygens (including phenoxy) is 2. The van der Waals surface area contributed by atoms with E-state index < -0.39 is 5.97 Å². The Hall–Kier alpha value is -1.59. The number of hydrogen-bond acceptors (Lipinski definition) is 4. The lowest BCUT2D eigenvalue weighted by atomic mass is 10.1. The standard InChI is InChI=1S/C12H15NO4/c13-10-3-1-2-8(11(10)12(14)15)6-17-9-4-5-16-7-9/h1-3,9H,4-7,13H2,(H,14,15). The summed E-state index contributed by atoms with van der Waals surface area (Å²) >= 11 is 0. The van der Waals surface area contributed by atoms with Crippen LogP contribution in [0, 0.1) is 0 Å². The summed E-state index contributed by atoms with van der Waals surface area (Å²) in [5.74, 6) is -1.02. The van der Waals surface area contributed by atoms with Gasteiger partial charge in [0.1, 0.15) is 0 Å². The molecule has 1 heterocycles. The van der Waals surface area contributed by atoms with Crippen molar-refractivity contribution in [2.45, 2.75) is 19.1 Å². The van der Waals surface area contributed by atoms with Crippen molar-refractivity contribution < 1.29 is 19.4 Å². The highest BCUT2D eigenvalue weighted by Gasteiger charge is 2.18. The molecule has 0 saturated carbocycles. The van der Waals surface area contributed by atoms with E-state index in [-0.39, 0.29) is 24.0 Å². The Balaban J connectivity index is 2.09. The number of carboxylic acids is 1. The molecule has 17 heavy (non-hydrogen) atoms. The van der Waals surface area contributed by atoms with Crippen LogP contribution in [0.25, 0.3) is 0 Å². The first kappa shape index (κ1) is 11.9. The number of carbonyl (C=O) groups is 1. The first-order valence-corrected chi connectivity index (χ1v) is 5.48. The van der Waals surface area contributed by atoms with E-state index in [0.717, 1.165) is 6.42 Å². The second-order valence-electron chi connectivity index (χ2n) is 3.98. The van der Waals surface area contributed by atoms with Gasteiger partial charge in [0.15, 0.2) is 0 Å². The lowest BCUT2D eigenvalue weighted by Crippen LogP contribution is -2.14. The molecule has 1 aromatic rings. The van der Waals surface area contributed by atoms with E-state index in [2.05, 4.69) is 0 Å². The number of carboxylic acid groups (broad SMARTS) is 1. The summed E-state index contributed by atoms with van der Waals surface area (Å²) in [6.07, 6.45) is 0.906. The average Bonchev–Trinajstić information content (AvgIpc) is 2.78. The average molecular weight is 237 g/mol. The molecular weight excluding hydrogens is 222 g/mol. The van der Waals surface area contributed by atoms with Gasteiger partial charge in [0, 0.05) is 12.3 Å². The van der Waals surface area contributed by atoms with Crippen LogP contribution in [0.4, 0.5) is 5.69 Å². The van der Waals surface area contributed by atoms with Gasteiger partial charge in [-0.25, -0.2) is 4.79 Å². The monoisotopic (exact) mass is 237 g/mol. The van der Waals surface area contributed by atoms with Gasteiger partial charge in [-0.1, -0.05) is 12.1 Å². The number of anilines is 1. The fourth-order valence-electron chi connectivity index (χ4n) is 1.85. The normalized spacial score (nSPS) is 19.4. The summed E-state index contributed by atoms with van der Waals surface area (Å²) in [4.78, 5) is 11.1. The van der Waals surface area contributed by atoms with Gasteiger partial charge in [-0.05, 0) is 18.1 Å². The smallest absolute Gasteiger partial charge is 0.338 e. The van der Waals surface area contributed by atoms with Gasteiger partial charge in [-0.3, -0.25) is 0 Å². The maximum atomic E-state index is 11.1. The number of nitrogens with two attached hydrogens (primary N) is 1. The minimum atomic E-state index is -1.02. The van der Waals surface area contributed by atoms with Gasteiger partial charge in [-0.2, -0.15) is 0 Å². The molecule has 0 radical (unpaired) electrons. The molecule has 1 unspecified atom stereocenters. The predicted octanol–water partition coefficient (Wildman–Crippen LogP) is 1.27. The van der Waals surface area contributed by atoms with E-state index in [1.165, 1.54) is 0 Å². The predicted molar refractivity (Wildman–Crippen MR) is 61.8 cm³/mol. The Morgan fingerprint density at radius 1 is 1.59 bits per heavy atom. The number of aromatic carboxylic acids is 1. The van der Waals surface area contributed by atoms with Crippen molar-refractivity contribution in [1.29, 1.82) is 0 Å². The number of rotatable bonds is 4. The third-order valence-corrected chi connectivity index (χ3v) is 2.76. The van der Waals surface area contributed by atoms with Crippen LogP contribution in [0.2, 0.25) is 0 Å². The molecule has 1 atom stereocenters. The molecule has 1 fully saturated rings. The largest absolute Gasteiger partial charge is 0.478 e. The molecular formula is C12H15NO4. The number of hydrogen-bond donors (Lipinski definition) is 2. The van der Waals surface area contributed by atoms with Gasteiger partial charge >= 0.3 is 5.97 Å². The van der Waals surface area contributed by atoms with Gasteiger partial charge in [0.2, 0.25) is 0 Å². The summed E-state index contributed by atoms with van der Waals surface area (Å²) in [6, 6.07) is 5.02.